The predicted octanol–water partition coefficient (Wildman–Crippen LogP) is 1.09. The van der Waals surface area contributed by atoms with Gasteiger partial charge in [-0.3, -0.25) is 9.59 Å². The number of carbonyl (C=O) groups excluding carboxylic acids is 1. The van der Waals surface area contributed by atoms with Gasteiger partial charge in [0.15, 0.2) is 0 Å². The van der Waals surface area contributed by atoms with Crippen LogP contribution in [0.15, 0.2) is 10.9 Å². The highest BCUT2D eigenvalue weighted by atomic mass is 32.2. The molecule has 0 spiro atoms. The first-order chi connectivity index (χ1) is 10.2. The summed E-state index contributed by atoms with van der Waals surface area (Å²) in [6.07, 6.45) is 5.30. The fraction of sp³-hybridized carbons (Fsp3) is 0.667. The molecule has 1 aliphatic heterocycles. The van der Waals surface area contributed by atoms with Gasteiger partial charge in [0.05, 0.1) is 5.69 Å². The third kappa shape index (κ3) is 3.48. The minimum Gasteiger partial charge on any atom is -0.339 e. The first-order valence-corrected chi connectivity index (χ1v) is 8.85. The van der Waals surface area contributed by atoms with E-state index in [-0.39, 0.29) is 18.0 Å². The van der Waals surface area contributed by atoms with Gasteiger partial charge in [0, 0.05) is 30.7 Å². The van der Waals surface area contributed by atoms with Crippen LogP contribution >= 0.6 is 11.8 Å². The Morgan fingerprint density at radius 3 is 2.76 bits per heavy atom. The fourth-order valence-corrected chi connectivity index (χ4v) is 3.84. The van der Waals surface area contributed by atoms with Crippen molar-refractivity contribution in [2.24, 2.45) is 0 Å². The zero-order chi connectivity index (χ0) is 14.7. The average Bonchev–Trinajstić information content (AvgIpc) is 2.73. The first-order valence-electron chi connectivity index (χ1n) is 7.69. The van der Waals surface area contributed by atoms with E-state index in [1.165, 1.54) is 11.1 Å². The van der Waals surface area contributed by atoms with E-state index in [2.05, 4.69) is 5.10 Å². The highest BCUT2D eigenvalue weighted by molar-refractivity contribution is 7.99. The van der Waals surface area contributed by atoms with Crippen LogP contribution in [-0.4, -0.2) is 45.2 Å². The number of thioether (sulfide) groups is 1. The van der Waals surface area contributed by atoms with Crippen LogP contribution < -0.4 is 5.56 Å². The summed E-state index contributed by atoms with van der Waals surface area (Å²) < 4.78 is 1.36. The molecule has 3 rings (SSSR count). The molecular weight excluding hydrogens is 286 g/mol. The van der Waals surface area contributed by atoms with Crippen molar-refractivity contribution in [1.29, 1.82) is 0 Å². The van der Waals surface area contributed by atoms with Crippen molar-refractivity contribution >= 4 is 17.7 Å². The number of amides is 1. The maximum Gasteiger partial charge on any atom is 0.267 e. The molecule has 6 heteroatoms. The topological polar surface area (TPSA) is 55.2 Å². The summed E-state index contributed by atoms with van der Waals surface area (Å²) in [5.41, 5.74) is 1.94. The first kappa shape index (κ1) is 14.6. The molecule has 21 heavy (non-hydrogen) atoms. The van der Waals surface area contributed by atoms with E-state index in [0.29, 0.717) is 0 Å². The lowest BCUT2D eigenvalue weighted by molar-refractivity contribution is -0.131. The molecule has 5 nitrogen and oxygen atoms in total. The molecule has 1 aromatic rings. The van der Waals surface area contributed by atoms with Gasteiger partial charge in [-0.15, -0.1) is 0 Å². The molecule has 1 aliphatic carbocycles. The van der Waals surface area contributed by atoms with Crippen molar-refractivity contribution in [3.63, 3.8) is 0 Å². The molecule has 2 heterocycles. The summed E-state index contributed by atoms with van der Waals surface area (Å²) in [6.45, 7) is 1.64. The van der Waals surface area contributed by atoms with Gasteiger partial charge < -0.3 is 4.90 Å². The van der Waals surface area contributed by atoms with Gasteiger partial charge in [0.1, 0.15) is 6.54 Å². The van der Waals surface area contributed by atoms with Crippen LogP contribution in [-0.2, 0) is 24.2 Å². The number of aryl methyl sites for hydroxylation is 2. The van der Waals surface area contributed by atoms with Crippen LogP contribution in [0.4, 0.5) is 0 Å². The molecule has 0 saturated carbocycles. The summed E-state index contributed by atoms with van der Waals surface area (Å²) in [5.74, 6) is 1.98. The van der Waals surface area contributed by atoms with E-state index in [1.807, 2.05) is 16.7 Å². The lowest BCUT2D eigenvalue weighted by Gasteiger charge is -2.26. The Balaban J connectivity index is 1.77. The molecule has 0 atom stereocenters. The average molecular weight is 307 g/mol. The quantitative estimate of drug-likeness (QED) is 0.768. The number of aromatic nitrogens is 2. The number of rotatable bonds is 2. The van der Waals surface area contributed by atoms with E-state index in [4.69, 9.17) is 0 Å². The SMILES string of the molecule is O=C(Cn1nc2c(cc1=O)CCCCC2)N1CCSCC1. The van der Waals surface area contributed by atoms with Crippen molar-refractivity contribution < 1.29 is 4.79 Å². The predicted molar refractivity (Wildman–Crippen MR) is 83.7 cm³/mol. The summed E-state index contributed by atoms with van der Waals surface area (Å²) in [6, 6.07) is 1.69. The Morgan fingerprint density at radius 1 is 1.19 bits per heavy atom. The number of carbonyl (C=O) groups is 1. The van der Waals surface area contributed by atoms with Gasteiger partial charge >= 0.3 is 0 Å². The van der Waals surface area contributed by atoms with Crippen LogP contribution in [0.25, 0.3) is 0 Å². The van der Waals surface area contributed by atoms with Gasteiger partial charge in [-0.25, -0.2) is 4.68 Å². The van der Waals surface area contributed by atoms with E-state index in [9.17, 15) is 9.59 Å². The summed E-state index contributed by atoms with van der Waals surface area (Å²) in [7, 11) is 0. The fourth-order valence-electron chi connectivity index (χ4n) is 2.93. The van der Waals surface area contributed by atoms with Crippen LogP contribution in [0, 0.1) is 0 Å². The standard InChI is InChI=1S/C15H21N3O2S/c19-14-10-12-4-2-1-3-5-13(12)16-18(14)11-15(20)17-6-8-21-9-7-17/h10H,1-9,11H2. The van der Waals surface area contributed by atoms with Gasteiger partial charge in [-0.2, -0.15) is 16.9 Å². The van der Waals surface area contributed by atoms with E-state index < -0.39 is 0 Å². The normalized spacial score (nSPS) is 19.0. The zero-order valence-electron chi connectivity index (χ0n) is 12.2. The molecule has 2 aliphatic rings. The molecule has 0 unspecified atom stereocenters. The van der Waals surface area contributed by atoms with E-state index in [0.717, 1.165) is 61.5 Å². The van der Waals surface area contributed by atoms with Gasteiger partial charge in [0.25, 0.3) is 5.56 Å². The van der Waals surface area contributed by atoms with E-state index >= 15 is 0 Å². The maximum absolute atomic E-state index is 12.3. The Kier molecular flexibility index (Phi) is 4.63. The molecule has 0 aromatic carbocycles. The summed E-state index contributed by atoms with van der Waals surface area (Å²) in [4.78, 5) is 26.3. The number of hydrogen-bond acceptors (Lipinski definition) is 4. The lowest BCUT2D eigenvalue weighted by atomic mass is 10.1. The molecule has 0 radical (unpaired) electrons. The third-order valence-corrected chi connectivity index (χ3v) is 5.12. The van der Waals surface area contributed by atoms with Crippen molar-refractivity contribution in [1.82, 2.24) is 14.7 Å². The lowest BCUT2D eigenvalue weighted by Crippen LogP contribution is -2.42. The third-order valence-electron chi connectivity index (χ3n) is 4.17. The van der Waals surface area contributed by atoms with Crippen LogP contribution in [0.5, 0.6) is 0 Å². The van der Waals surface area contributed by atoms with Crippen molar-refractivity contribution in [3.8, 4) is 0 Å². The number of nitrogens with zero attached hydrogens (tertiary/aromatic N) is 3. The maximum atomic E-state index is 12.3. The van der Waals surface area contributed by atoms with Crippen LogP contribution in [0.2, 0.25) is 0 Å². The zero-order valence-corrected chi connectivity index (χ0v) is 13.0. The molecule has 1 aromatic heterocycles. The smallest absolute Gasteiger partial charge is 0.267 e. The summed E-state index contributed by atoms with van der Waals surface area (Å²) in [5, 5.41) is 4.46. The molecule has 1 saturated heterocycles. The Hall–Kier alpha value is -1.30. The molecule has 0 bridgehead atoms. The molecular formula is C15H21N3O2S. The Morgan fingerprint density at radius 2 is 1.95 bits per heavy atom. The van der Waals surface area contributed by atoms with Crippen LogP contribution in [0.1, 0.15) is 30.5 Å². The number of hydrogen-bond donors (Lipinski definition) is 0. The molecule has 0 N–H and O–H groups in total. The Labute approximate surface area is 128 Å². The minimum absolute atomic E-state index is 0.0125. The highest BCUT2D eigenvalue weighted by Crippen LogP contribution is 2.17. The van der Waals surface area contributed by atoms with Crippen molar-refractivity contribution in [2.45, 2.75) is 38.6 Å². The minimum atomic E-state index is -0.143. The highest BCUT2D eigenvalue weighted by Gasteiger charge is 2.19. The van der Waals surface area contributed by atoms with E-state index in [1.54, 1.807) is 6.07 Å². The monoisotopic (exact) mass is 307 g/mol. The second-order valence-corrected chi connectivity index (χ2v) is 6.89. The van der Waals surface area contributed by atoms with Crippen LogP contribution in [0.3, 0.4) is 0 Å². The number of fused-ring (bicyclic) bond motifs is 1. The van der Waals surface area contributed by atoms with Crippen molar-refractivity contribution in [2.75, 3.05) is 24.6 Å². The Bertz CT molecular complexity index is 579. The summed E-state index contributed by atoms with van der Waals surface area (Å²) >= 11 is 1.87. The largest absolute Gasteiger partial charge is 0.339 e. The molecule has 1 fully saturated rings. The van der Waals surface area contributed by atoms with Crippen molar-refractivity contribution in [3.05, 3.63) is 27.7 Å². The van der Waals surface area contributed by atoms with Gasteiger partial charge in [0.2, 0.25) is 5.91 Å². The van der Waals surface area contributed by atoms with Gasteiger partial charge in [-0.05, 0) is 31.2 Å². The second kappa shape index (κ2) is 6.64. The van der Waals surface area contributed by atoms with Gasteiger partial charge in [-0.1, -0.05) is 6.42 Å². The molecule has 1 amide bonds. The second-order valence-electron chi connectivity index (χ2n) is 5.67. The molecule has 114 valence electrons.